The van der Waals surface area contributed by atoms with Gasteiger partial charge in [0.2, 0.25) is 5.91 Å². The molecule has 1 fully saturated rings. The Morgan fingerprint density at radius 3 is 2.69 bits per heavy atom. The number of aliphatic carboxylic acids is 1. The quantitative estimate of drug-likeness (QED) is 0.323. The van der Waals surface area contributed by atoms with Crippen molar-refractivity contribution in [3.63, 3.8) is 0 Å². The van der Waals surface area contributed by atoms with Gasteiger partial charge in [-0.25, -0.2) is 14.7 Å². The second-order valence-corrected chi connectivity index (χ2v) is 8.83. The van der Waals surface area contributed by atoms with Gasteiger partial charge in [-0.1, -0.05) is 11.8 Å². The van der Waals surface area contributed by atoms with E-state index in [0.717, 1.165) is 16.7 Å². The van der Waals surface area contributed by atoms with Crippen molar-refractivity contribution >= 4 is 53.1 Å². The standard InChI is InChI=1S/C13H12F3N5O5S3/c14-13(15,16)29-3-5(22)17-6-8(23)21-7(10(24)25)4(1-27-9(6)21)2-28-12-18-11(26)19-20-12/h6,9H,1-3H2,(H,17,22)(H,24,25)(H2,18,19,20,26)/t6?,9-/m1/s1. The van der Waals surface area contributed by atoms with Crippen molar-refractivity contribution in [2.45, 2.75) is 22.1 Å². The van der Waals surface area contributed by atoms with Crippen molar-refractivity contribution < 1.29 is 32.7 Å². The Kier molecular flexibility index (Phi) is 6.23. The lowest BCUT2D eigenvalue weighted by Crippen LogP contribution is -2.70. The Bertz CT molecular complexity index is 930. The Morgan fingerprint density at radius 1 is 1.38 bits per heavy atom. The molecule has 1 aromatic heterocycles. The molecule has 0 spiro atoms. The number of carbonyl (C=O) groups excluding carboxylic acids is 2. The molecule has 3 heterocycles. The monoisotopic (exact) mass is 471 g/mol. The number of nitrogens with zero attached hydrogens (tertiary/aromatic N) is 2. The van der Waals surface area contributed by atoms with Crippen molar-refractivity contribution in [3.05, 3.63) is 21.8 Å². The number of aromatic amines is 2. The second-order valence-electron chi connectivity index (χ2n) is 5.72. The van der Waals surface area contributed by atoms with Crippen LogP contribution in [0.5, 0.6) is 0 Å². The maximum Gasteiger partial charge on any atom is 0.442 e. The zero-order chi connectivity index (χ0) is 21.3. The minimum Gasteiger partial charge on any atom is -0.477 e. The van der Waals surface area contributed by atoms with Crippen LogP contribution in [0.15, 0.2) is 21.2 Å². The number of nitrogens with one attached hydrogen (secondary N) is 3. The predicted octanol–water partition coefficient (Wildman–Crippen LogP) is 0.182. The SMILES string of the molecule is O=C(CSC(F)(F)F)NC1C(=O)N2C(C(=O)O)=C(CSc3n[nH]c(=O)[nH]3)CS[C@H]12. The lowest BCUT2D eigenvalue weighted by molar-refractivity contribution is -0.150. The molecule has 0 saturated carbocycles. The molecule has 1 unspecified atom stereocenters. The summed E-state index contributed by atoms with van der Waals surface area (Å²) >= 11 is 1.73. The first-order valence-corrected chi connectivity index (χ1v) is 10.8. The Labute approximate surface area is 172 Å². The summed E-state index contributed by atoms with van der Waals surface area (Å²) in [6, 6.07) is -1.09. The lowest BCUT2D eigenvalue weighted by Gasteiger charge is -2.49. The Morgan fingerprint density at radius 2 is 2.10 bits per heavy atom. The van der Waals surface area contributed by atoms with Crippen LogP contribution in [0.2, 0.25) is 0 Å². The van der Waals surface area contributed by atoms with E-state index in [1.807, 2.05) is 0 Å². The number of alkyl halides is 3. The van der Waals surface area contributed by atoms with E-state index in [0.29, 0.717) is 5.57 Å². The van der Waals surface area contributed by atoms with Crippen LogP contribution in [-0.2, 0) is 14.4 Å². The largest absolute Gasteiger partial charge is 0.477 e. The summed E-state index contributed by atoms with van der Waals surface area (Å²) in [6.07, 6.45) is 0. The summed E-state index contributed by atoms with van der Waals surface area (Å²) in [5, 5.41) is 17.2. The number of hydrogen-bond donors (Lipinski definition) is 4. The van der Waals surface area contributed by atoms with Gasteiger partial charge in [-0.2, -0.15) is 13.2 Å². The highest BCUT2D eigenvalue weighted by Gasteiger charge is 2.54. The fraction of sp³-hybridized carbons (Fsp3) is 0.462. The van der Waals surface area contributed by atoms with Crippen LogP contribution >= 0.6 is 35.3 Å². The van der Waals surface area contributed by atoms with Crippen molar-refractivity contribution in [1.29, 1.82) is 0 Å². The van der Waals surface area contributed by atoms with Crippen molar-refractivity contribution in [2.75, 3.05) is 17.3 Å². The Balaban J connectivity index is 1.67. The van der Waals surface area contributed by atoms with Gasteiger partial charge in [-0.05, 0) is 17.3 Å². The number of amides is 2. The first kappa shape index (κ1) is 21.6. The van der Waals surface area contributed by atoms with Crippen LogP contribution in [0, 0.1) is 0 Å². The van der Waals surface area contributed by atoms with Crippen LogP contribution in [-0.4, -0.2) is 77.2 Å². The van der Waals surface area contributed by atoms with E-state index in [1.165, 1.54) is 11.8 Å². The molecule has 4 N–H and O–H groups in total. The second kappa shape index (κ2) is 8.35. The first-order chi connectivity index (χ1) is 13.6. The molecule has 158 valence electrons. The van der Waals surface area contributed by atoms with Gasteiger partial charge in [-0.15, -0.1) is 16.9 Å². The summed E-state index contributed by atoms with van der Waals surface area (Å²) in [5.74, 6) is -3.54. The molecule has 16 heteroatoms. The maximum absolute atomic E-state index is 12.4. The Hall–Kier alpha value is -2.07. The number of carboxylic acids is 1. The van der Waals surface area contributed by atoms with Crippen molar-refractivity contribution in [2.24, 2.45) is 0 Å². The highest BCUT2D eigenvalue weighted by molar-refractivity contribution is 8.01. The van der Waals surface area contributed by atoms with Crippen molar-refractivity contribution in [1.82, 2.24) is 25.4 Å². The molecule has 29 heavy (non-hydrogen) atoms. The fourth-order valence-corrected chi connectivity index (χ4v) is 5.31. The average molecular weight is 471 g/mol. The molecule has 10 nitrogen and oxygen atoms in total. The smallest absolute Gasteiger partial charge is 0.442 e. The summed E-state index contributed by atoms with van der Waals surface area (Å²) in [5.41, 5.74) is -4.91. The van der Waals surface area contributed by atoms with Gasteiger partial charge in [0.15, 0.2) is 5.16 Å². The minimum absolute atomic E-state index is 0.144. The van der Waals surface area contributed by atoms with E-state index < -0.39 is 57.9 Å². The third-order valence-electron chi connectivity index (χ3n) is 3.80. The molecule has 2 aliphatic heterocycles. The number of rotatable bonds is 7. The molecule has 2 atom stereocenters. The molecular formula is C13H12F3N5O5S3. The fourth-order valence-electron chi connectivity index (χ4n) is 2.64. The van der Waals surface area contributed by atoms with E-state index in [1.54, 1.807) is 0 Å². The zero-order valence-electron chi connectivity index (χ0n) is 14.1. The lowest BCUT2D eigenvalue weighted by atomic mass is 10.0. The first-order valence-electron chi connectivity index (χ1n) is 7.74. The third kappa shape index (κ3) is 4.92. The van der Waals surface area contributed by atoms with Gasteiger partial charge in [0.1, 0.15) is 17.1 Å². The predicted molar refractivity (Wildman–Crippen MR) is 98.1 cm³/mol. The summed E-state index contributed by atoms with van der Waals surface area (Å²) < 4.78 is 36.5. The minimum atomic E-state index is -4.57. The normalized spacial score (nSPS) is 21.6. The number of H-pyrrole nitrogens is 2. The summed E-state index contributed by atoms with van der Waals surface area (Å²) in [7, 11) is 0. The molecule has 0 aliphatic carbocycles. The molecular weight excluding hydrogens is 459 g/mol. The van der Waals surface area contributed by atoms with E-state index >= 15 is 0 Å². The van der Waals surface area contributed by atoms with Gasteiger partial charge in [0, 0.05) is 11.5 Å². The molecule has 1 aromatic rings. The zero-order valence-corrected chi connectivity index (χ0v) is 16.6. The van der Waals surface area contributed by atoms with Crippen LogP contribution < -0.4 is 11.0 Å². The summed E-state index contributed by atoms with van der Waals surface area (Å²) in [4.78, 5) is 50.2. The molecule has 2 aliphatic rings. The maximum atomic E-state index is 12.4. The van der Waals surface area contributed by atoms with Crippen molar-refractivity contribution in [3.8, 4) is 0 Å². The molecule has 2 amide bonds. The molecule has 0 bridgehead atoms. The molecule has 0 aromatic carbocycles. The van der Waals surface area contributed by atoms with E-state index in [2.05, 4.69) is 20.5 Å². The summed E-state index contributed by atoms with van der Waals surface area (Å²) in [6.45, 7) is 0. The third-order valence-corrected chi connectivity index (χ3v) is 6.83. The van der Waals surface area contributed by atoms with Gasteiger partial charge in [0.25, 0.3) is 5.91 Å². The van der Waals surface area contributed by atoms with Crippen LogP contribution in [0.3, 0.4) is 0 Å². The number of hydrogen-bond acceptors (Lipinski definition) is 8. The number of aromatic nitrogens is 3. The van der Waals surface area contributed by atoms with Gasteiger partial charge in [0.05, 0.1) is 5.75 Å². The molecule has 3 rings (SSSR count). The van der Waals surface area contributed by atoms with Crippen LogP contribution in [0.25, 0.3) is 0 Å². The van der Waals surface area contributed by atoms with E-state index in [-0.39, 0.29) is 22.4 Å². The topological polar surface area (TPSA) is 148 Å². The highest BCUT2D eigenvalue weighted by atomic mass is 32.2. The van der Waals surface area contributed by atoms with Crippen LogP contribution in [0.4, 0.5) is 13.2 Å². The molecule has 0 radical (unpaired) electrons. The highest BCUT2D eigenvalue weighted by Crippen LogP contribution is 2.41. The molecule has 1 saturated heterocycles. The van der Waals surface area contributed by atoms with Crippen LogP contribution in [0.1, 0.15) is 0 Å². The number of halogens is 3. The van der Waals surface area contributed by atoms with Gasteiger partial charge < -0.3 is 10.4 Å². The van der Waals surface area contributed by atoms with Gasteiger partial charge in [-0.3, -0.25) is 19.5 Å². The van der Waals surface area contributed by atoms with E-state index in [9.17, 15) is 37.5 Å². The van der Waals surface area contributed by atoms with E-state index in [4.69, 9.17) is 0 Å². The number of thioether (sulfide) groups is 3. The van der Waals surface area contributed by atoms with Gasteiger partial charge >= 0.3 is 17.2 Å². The number of carbonyl (C=O) groups is 3. The number of β-lactam (4-membered cyclic amide) rings is 1. The number of fused-ring (bicyclic) bond motifs is 1. The number of carboxylic acid groups (broad SMARTS) is 1. The average Bonchev–Trinajstić information content (AvgIpc) is 3.06.